The standard InChI is InChI=1S/C22H30F3N3O12/c1-6-36-20(34)13(27-21(35)22(23,24)25)7-15(33)28-19-16(26-9(2)29)18(39-12(5)32)17(38-11(4)31)14(40-19)8-37-10(3)30/h13-14,16-19H,6-8H2,1-5H3,(H,26,29)(H,27,35)(H,28,33)/t13?,14-,16-,17-,18-,19-/m1/s1. The predicted octanol–water partition coefficient (Wildman–Crippen LogP) is -1.24. The minimum Gasteiger partial charge on any atom is -0.464 e. The van der Waals surface area contributed by atoms with Gasteiger partial charge in [-0.05, 0) is 6.92 Å². The van der Waals surface area contributed by atoms with Crippen molar-refractivity contribution >= 4 is 41.6 Å². The smallest absolute Gasteiger partial charge is 0.464 e. The molecule has 6 atom stereocenters. The summed E-state index contributed by atoms with van der Waals surface area (Å²) >= 11 is 0. The SMILES string of the molecule is CCOC(=O)C(CC(=O)N[C@@H]1O[C@H](COC(C)=O)[C@@H](OC(C)=O)[C@H](OC(C)=O)[C@H]1NC(C)=O)NC(=O)C(F)(F)F. The molecule has 1 aliphatic heterocycles. The normalized spacial score (nSPS) is 23.1. The molecule has 0 spiro atoms. The summed E-state index contributed by atoms with van der Waals surface area (Å²) in [5, 5.41) is 5.95. The van der Waals surface area contributed by atoms with Gasteiger partial charge in [-0.3, -0.25) is 28.8 Å². The third-order valence-corrected chi connectivity index (χ3v) is 4.94. The van der Waals surface area contributed by atoms with E-state index < -0.39 is 97.4 Å². The molecule has 15 nitrogen and oxygen atoms in total. The van der Waals surface area contributed by atoms with E-state index in [0.29, 0.717) is 0 Å². The van der Waals surface area contributed by atoms with Crippen LogP contribution in [-0.2, 0) is 57.2 Å². The average Bonchev–Trinajstić information content (AvgIpc) is 2.79. The molecule has 3 N–H and O–H groups in total. The third kappa shape index (κ3) is 11.0. The van der Waals surface area contributed by atoms with Crippen LogP contribution in [0.2, 0.25) is 0 Å². The zero-order valence-corrected chi connectivity index (χ0v) is 22.1. The van der Waals surface area contributed by atoms with Crippen LogP contribution in [-0.4, -0.2) is 97.6 Å². The number of ether oxygens (including phenoxy) is 5. The monoisotopic (exact) mass is 585 g/mol. The van der Waals surface area contributed by atoms with Gasteiger partial charge in [0.1, 0.15) is 24.8 Å². The second-order valence-electron chi connectivity index (χ2n) is 8.32. The van der Waals surface area contributed by atoms with Gasteiger partial charge in [0, 0.05) is 27.7 Å². The van der Waals surface area contributed by atoms with Gasteiger partial charge in [-0.15, -0.1) is 0 Å². The van der Waals surface area contributed by atoms with E-state index in [4.69, 9.17) is 18.9 Å². The highest BCUT2D eigenvalue weighted by atomic mass is 19.4. The second-order valence-corrected chi connectivity index (χ2v) is 8.32. The summed E-state index contributed by atoms with van der Waals surface area (Å²) in [5.74, 6) is -8.33. The van der Waals surface area contributed by atoms with Crippen molar-refractivity contribution in [3.05, 3.63) is 0 Å². The van der Waals surface area contributed by atoms with Gasteiger partial charge < -0.3 is 39.6 Å². The summed E-state index contributed by atoms with van der Waals surface area (Å²) in [7, 11) is 0. The quantitative estimate of drug-likeness (QED) is 0.193. The molecule has 1 rings (SSSR count). The summed E-state index contributed by atoms with van der Waals surface area (Å²) in [4.78, 5) is 83.3. The maximum Gasteiger partial charge on any atom is 0.471 e. The fourth-order valence-corrected chi connectivity index (χ4v) is 3.53. The summed E-state index contributed by atoms with van der Waals surface area (Å²) in [5.41, 5.74) is 0. The van der Waals surface area contributed by atoms with E-state index in [0.717, 1.165) is 27.7 Å². The predicted molar refractivity (Wildman–Crippen MR) is 121 cm³/mol. The van der Waals surface area contributed by atoms with Crippen LogP contribution in [0, 0.1) is 0 Å². The largest absolute Gasteiger partial charge is 0.471 e. The van der Waals surface area contributed by atoms with Crippen LogP contribution in [0.25, 0.3) is 0 Å². The highest BCUT2D eigenvalue weighted by molar-refractivity contribution is 5.91. The third-order valence-electron chi connectivity index (χ3n) is 4.94. The van der Waals surface area contributed by atoms with E-state index in [9.17, 15) is 46.7 Å². The zero-order valence-electron chi connectivity index (χ0n) is 22.1. The van der Waals surface area contributed by atoms with Gasteiger partial charge in [0.15, 0.2) is 18.4 Å². The molecular formula is C22H30F3N3O12. The van der Waals surface area contributed by atoms with Gasteiger partial charge in [-0.2, -0.15) is 13.2 Å². The Morgan fingerprint density at radius 1 is 0.850 bits per heavy atom. The lowest BCUT2D eigenvalue weighted by atomic mass is 9.95. The van der Waals surface area contributed by atoms with E-state index in [-0.39, 0.29) is 6.61 Å². The molecule has 0 aromatic carbocycles. The Kier molecular flexibility index (Phi) is 12.8. The topological polar surface area (TPSA) is 202 Å². The summed E-state index contributed by atoms with van der Waals surface area (Å²) < 4.78 is 63.9. The Bertz CT molecular complexity index is 990. The Labute approximate surface area is 225 Å². The molecule has 18 heteroatoms. The van der Waals surface area contributed by atoms with Gasteiger partial charge >= 0.3 is 36.0 Å². The maximum absolute atomic E-state index is 12.8. The van der Waals surface area contributed by atoms with Gasteiger partial charge in [0.05, 0.1) is 13.0 Å². The lowest BCUT2D eigenvalue weighted by molar-refractivity contribution is -0.228. The Morgan fingerprint density at radius 3 is 1.90 bits per heavy atom. The first kappa shape index (κ1) is 34.1. The van der Waals surface area contributed by atoms with Crippen molar-refractivity contribution in [2.75, 3.05) is 13.2 Å². The Hall–Kier alpha value is -3.96. The number of amides is 3. The van der Waals surface area contributed by atoms with E-state index in [1.807, 2.05) is 0 Å². The van der Waals surface area contributed by atoms with Crippen LogP contribution < -0.4 is 16.0 Å². The number of esters is 4. The minimum atomic E-state index is -5.38. The van der Waals surface area contributed by atoms with Gasteiger partial charge in [0.2, 0.25) is 11.8 Å². The van der Waals surface area contributed by atoms with Crippen LogP contribution in [0.5, 0.6) is 0 Å². The van der Waals surface area contributed by atoms with Crippen LogP contribution in [0.15, 0.2) is 0 Å². The molecule has 1 fully saturated rings. The molecule has 0 aliphatic carbocycles. The number of halogens is 3. The lowest BCUT2D eigenvalue weighted by Crippen LogP contribution is -2.69. The summed E-state index contributed by atoms with van der Waals surface area (Å²) in [6.07, 6.45) is -12.5. The number of hydrogen-bond donors (Lipinski definition) is 3. The number of rotatable bonds is 11. The molecule has 0 saturated carbocycles. The Morgan fingerprint density at radius 2 is 1.43 bits per heavy atom. The van der Waals surface area contributed by atoms with E-state index >= 15 is 0 Å². The van der Waals surface area contributed by atoms with Crippen molar-refractivity contribution < 1.29 is 70.4 Å². The first-order chi connectivity index (χ1) is 18.5. The average molecular weight is 585 g/mol. The first-order valence-corrected chi connectivity index (χ1v) is 11.7. The molecule has 1 unspecified atom stereocenters. The van der Waals surface area contributed by atoms with E-state index in [1.165, 1.54) is 12.2 Å². The molecule has 0 radical (unpaired) electrons. The first-order valence-electron chi connectivity index (χ1n) is 11.7. The van der Waals surface area contributed by atoms with Crippen molar-refractivity contribution in [2.45, 2.75) is 83.8 Å². The zero-order chi connectivity index (χ0) is 30.8. The number of alkyl halides is 3. The lowest BCUT2D eigenvalue weighted by Gasteiger charge is -2.45. The van der Waals surface area contributed by atoms with Crippen LogP contribution >= 0.6 is 0 Å². The highest BCUT2D eigenvalue weighted by Crippen LogP contribution is 2.26. The Balaban J connectivity index is 3.36. The molecule has 1 saturated heterocycles. The molecule has 0 aromatic rings. The molecule has 0 aromatic heterocycles. The molecular weight excluding hydrogens is 555 g/mol. The number of carbonyl (C=O) groups excluding carboxylic acids is 7. The van der Waals surface area contributed by atoms with Crippen molar-refractivity contribution in [1.29, 1.82) is 0 Å². The molecule has 3 amide bonds. The number of carbonyl (C=O) groups is 7. The molecule has 0 bridgehead atoms. The van der Waals surface area contributed by atoms with Crippen LogP contribution in [0.1, 0.15) is 41.0 Å². The fraction of sp³-hybridized carbons (Fsp3) is 0.682. The fourth-order valence-electron chi connectivity index (χ4n) is 3.53. The van der Waals surface area contributed by atoms with Crippen molar-refractivity contribution in [3.8, 4) is 0 Å². The summed E-state index contributed by atoms with van der Waals surface area (Å²) in [6.45, 7) is 4.58. The van der Waals surface area contributed by atoms with Crippen molar-refractivity contribution in [1.82, 2.24) is 16.0 Å². The van der Waals surface area contributed by atoms with E-state index in [2.05, 4.69) is 15.4 Å². The van der Waals surface area contributed by atoms with E-state index in [1.54, 1.807) is 0 Å². The van der Waals surface area contributed by atoms with Gasteiger partial charge in [-0.1, -0.05) is 0 Å². The molecule has 226 valence electrons. The maximum atomic E-state index is 12.8. The molecule has 1 aliphatic rings. The molecule has 1 heterocycles. The van der Waals surface area contributed by atoms with Gasteiger partial charge in [-0.25, -0.2) is 4.79 Å². The number of nitrogens with one attached hydrogen (secondary N) is 3. The van der Waals surface area contributed by atoms with Crippen LogP contribution in [0.4, 0.5) is 13.2 Å². The van der Waals surface area contributed by atoms with Crippen molar-refractivity contribution in [3.63, 3.8) is 0 Å². The minimum absolute atomic E-state index is 0.283. The van der Waals surface area contributed by atoms with Crippen LogP contribution in [0.3, 0.4) is 0 Å². The number of hydrogen-bond acceptors (Lipinski definition) is 12. The van der Waals surface area contributed by atoms with Crippen molar-refractivity contribution in [2.24, 2.45) is 0 Å². The second kappa shape index (κ2) is 15.0. The molecule has 40 heavy (non-hydrogen) atoms. The van der Waals surface area contributed by atoms with Gasteiger partial charge in [0.25, 0.3) is 0 Å². The highest BCUT2D eigenvalue weighted by Gasteiger charge is 2.51. The summed E-state index contributed by atoms with van der Waals surface area (Å²) in [6, 6.07) is -3.54.